The van der Waals surface area contributed by atoms with E-state index in [4.69, 9.17) is 4.42 Å². The Balaban J connectivity index is 1.57. The van der Waals surface area contributed by atoms with Crippen LogP contribution in [-0.2, 0) is 13.0 Å². The smallest absolute Gasteiger partial charge is 0.270 e. The number of aromatic amines is 1. The minimum atomic E-state index is -0.0199. The Morgan fingerprint density at radius 1 is 0.962 bits per heavy atom. The van der Waals surface area contributed by atoms with Gasteiger partial charge < -0.3 is 14.3 Å². The second kappa shape index (κ2) is 7.31. The average molecular weight is 344 g/mol. The van der Waals surface area contributed by atoms with Gasteiger partial charge in [-0.15, -0.1) is 0 Å². The van der Waals surface area contributed by atoms with Crippen LogP contribution in [0.5, 0.6) is 0 Å². The number of nitrogens with one attached hydrogen (secondary N) is 1. The van der Waals surface area contributed by atoms with E-state index in [0.717, 1.165) is 23.1 Å². The van der Waals surface area contributed by atoms with Gasteiger partial charge in [0, 0.05) is 17.4 Å². The van der Waals surface area contributed by atoms with Gasteiger partial charge >= 0.3 is 0 Å². The summed E-state index contributed by atoms with van der Waals surface area (Å²) in [5.74, 6) is 0.760. The predicted octanol–water partition coefficient (Wildman–Crippen LogP) is 4.65. The lowest BCUT2D eigenvalue weighted by Crippen LogP contribution is -2.32. The molecule has 0 aliphatic rings. The summed E-state index contributed by atoms with van der Waals surface area (Å²) in [5.41, 5.74) is 2.78. The molecule has 130 valence electrons. The van der Waals surface area contributed by atoms with Crippen LogP contribution in [0.4, 0.5) is 0 Å². The molecule has 2 heterocycles. The van der Waals surface area contributed by atoms with Gasteiger partial charge in [0.2, 0.25) is 0 Å². The highest BCUT2D eigenvalue weighted by molar-refractivity contribution is 5.98. The standard InChI is InChI=1S/C22H20N2O2/c25-22(21-15-18-9-4-5-11-20(18)23-21)24(16-19-10-6-14-26-19)13-12-17-7-2-1-3-8-17/h1-11,14-15,23H,12-13,16H2. The molecule has 0 spiro atoms. The summed E-state index contributed by atoms with van der Waals surface area (Å²) in [5, 5.41) is 1.04. The number of benzene rings is 2. The van der Waals surface area contributed by atoms with Gasteiger partial charge in [0.1, 0.15) is 11.5 Å². The van der Waals surface area contributed by atoms with Crippen molar-refractivity contribution in [1.82, 2.24) is 9.88 Å². The summed E-state index contributed by atoms with van der Waals surface area (Å²) in [7, 11) is 0. The van der Waals surface area contributed by atoms with Gasteiger partial charge in [0.25, 0.3) is 5.91 Å². The monoisotopic (exact) mass is 344 g/mol. The summed E-state index contributed by atoms with van der Waals surface area (Å²) in [6.07, 6.45) is 2.44. The van der Waals surface area contributed by atoms with Gasteiger partial charge in [-0.2, -0.15) is 0 Å². The molecule has 0 saturated heterocycles. The Hall–Kier alpha value is -3.27. The number of aromatic nitrogens is 1. The molecule has 0 radical (unpaired) electrons. The lowest BCUT2D eigenvalue weighted by molar-refractivity contribution is 0.0728. The molecule has 2 aromatic carbocycles. The topological polar surface area (TPSA) is 49.2 Å². The van der Waals surface area contributed by atoms with Gasteiger partial charge in [0.05, 0.1) is 12.8 Å². The summed E-state index contributed by atoms with van der Waals surface area (Å²) >= 11 is 0. The molecular formula is C22H20N2O2. The molecule has 1 N–H and O–H groups in total. The SMILES string of the molecule is O=C(c1cc2ccccc2[nH]1)N(CCc1ccccc1)Cc1ccco1. The van der Waals surface area contributed by atoms with Crippen LogP contribution in [0.2, 0.25) is 0 Å². The molecule has 2 aromatic heterocycles. The van der Waals surface area contributed by atoms with Crippen molar-refractivity contribution in [2.24, 2.45) is 0 Å². The summed E-state index contributed by atoms with van der Waals surface area (Å²) in [4.78, 5) is 18.2. The number of furan rings is 1. The number of hydrogen-bond acceptors (Lipinski definition) is 2. The Labute approximate surface area is 152 Å². The van der Waals surface area contributed by atoms with E-state index in [2.05, 4.69) is 17.1 Å². The number of nitrogens with zero attached hydrogens (tertiary/aromatic N) is 1. The fraction of sp³-hybridized carbons (Fsp3) is 0.136. The van der Waals surface area contributed by atoms with Crippen LogP contribution in [0.1, 0.15) is 21.8 Å². The number of hydrogen-bond donors (Lipinski definition) is 1. The van der Waals surface area contributed by atoms with E-state index in [1.54, 1.807) is 6.26 Å². The first-order valence-corrected chi connectivity index (χ1v) is 8.73. The molecule has 0 atom stereocenters. The largest absolute Gasteiger partial charge is 0.467 e. The zero-order chi connectivity index (χ0) is 17.8. The zero-order valence-electron chi connectivity index (χ0n) is 14.4. The maximum absolute atomic E-state index is 13.1. The third kappa shape index (κ3) is 3.54. The lowest BCUT2D eigenvalue weighted by atomic mass is 10.1. The highest BCUT2D eigenvalue weighted by atomic mass is 16.3. The maximum atomic E-state index is 13.1. The molecule has 0 unspecified atom stereocenters. The Bertz CT molecular complexity index is 954. The first kappa shape index (κ1) is 16.2. The lowest BCUT2D eigenvalue weighted by Gasteiger charge is -2.21. The maximum Gasteiger partial charge on any atom is 0.270 e. The highest BCUT2D eigenvalue weighted by Gasteiger charge is 2.19. The molecule has 4 rings (SSSR count). The van der Waals surface area contributed by atoms with Gasteiger partial charge in [-0.3, -0.25) is 4.79 Å². The quantitative estimate of drug-likeness (QED) is 0.554. The Morgan fingerprint density at radius 2 is 1.77 bits per heavy atom. The molecule has 0 bridgehead atoms. The Morgan fingerprint density at radius 3 is 2.54 bits per heavy atom. The average Bonchev–Trinajstić information content (AvgIpc) is 3.34. The van der Waals surface area contributed by atoms with Crippen molar-refractivity contribution >= 4 is 16.8 Å². The van der Waals surface area contributed by atoms with Crippen LogP contribution in [0.15, 0.2) is 83.5 Å². The van der Waals surface area contributed by atoms with E-state index in [1.807, 2.05) is 65.6 Å². The van der Waals surface area contributed by atoms with Crippen molar-refractivity contribution < 1.29 is 9.21 Å². The second-order valence-corrected chi connectivity index (χ2v) is 6.31. The third-order valence-corrected chi connectivity index (χ3v) is 4.49. The molecule has 4 heteroatoms. The summed E-state index contributed by atoms with van der Waals surface area (Å²) in [6, 6.07) is 23.8. The van der Waals surface area contributed by atoms with E-state index in [1.165, 1.54) is 5.56 Å². The van der Waals surface area contributed by atoms with Crippen molar-refractivity contribution in [3.8, 4) is 0 Å². The molecular weight excluding hydrogens is 324 g/mol. The van der Waals surface area contributed by atoms with Gasteiger partial charge in [-0.05, 0) is 36.2 Å². The second-order valence-electron chi connectivity index (χ2n) is 6.31. The summed E-state index contributed by atoms with van der Waals surface area (Å²) in [6.45, 7) is 1.08. The molecule has 0 saturated carbocycles. The van der Waals surface area contributed by atoms with Crippen LogP contribution in [0, 0.1) is 0 Å². The minimum Gasteiger partial charge on any atom is -0.467 e. The first-order valence-electron chi connectivity index (χ1n) is 8.73. The summed E-state index contributed by atoms with van der Waals surface area (Å²) < 4.78 is 5.46. The van der Waals surface area contributed by atoms with Crippen molar-refractivity contribution in [3.05, 3.63) is 96.1 Å². The minimum absolute atomic E-state index is 0.0199. The van der Waals surface area contributed by atoms with E-state index in [-0.39, 0.29) is 5.91 Å². The zero-order valence-corrected chi connectivity index (χ0v) is 14.4. The number of carbonyl (C=O) groups excluding carboxylic acids is 1. The molecule has 0 aliphatic heterocycles. The van der Waals surface area contributed by atoms with E-state index in [0.29, 0.717) is 18.8 Å². The number of amides is 1. The molecule has 4 nitrogen and oxygen atoms in total. The number of fused-ring (bicyclic) bond motifs is 1. The van der Waals surface area contributed by atoms with Gasteiger partial charge in [0.15, 0.2) is 0 Å². The fourth-order valence-electron chi connectivity index (χ4n) is 3.11. The first-order chi connectivity index (χ1) is 12.8. The van der Waals surface area contributed by atoms with Crippen LogP contribution in [-0.4, -0.2) is 22.3 Å². The van der Waals surface area contributed by atoms with Gasteiger partial charge in [-0.25, -0.2) is 0 Å². The molecule has 1 amide bonds. The molecule has 26 heavy (non-hydrogen) atoms. The number of H-pyrrole nitrogens is 1. The third-order valence-electron chi connectivity index (χ3n) is 4.49. The number of rotatable bonds is 6. The predicted molar refractivity (Wildman–Crippen MR) is 102 cm³/mol. The number of para-hydroxylation sites is 1. The van der Waals surface area contributed by atoms with Crippen molar-refractivity contribution in [2.45, 2.75) is 13.0 Å². The molecule has 4 aromatic rings. The molecule has 0 aliphatic carbocycles. The number of carbonyl (C=O) groups is 1. The van der Waals surface area contributed by atoms with E-state index >= 15 is 0 Å². The fourth-order valence-corrected chi connectivity index (χ4v) is 3.11. The van der Waals surface area contributed by atoms with Crippen molar-refractivity contribution in [2.75, 3.05) is 6.54 Å². The van der Waals surface area contributed by atoms with E-state index < -0.39 is 0 Å². The van der Waals surface area contributed by atoms with Gasteiger partial charge in [-0.1, -0.05) is 48.5 Å². The van der Waals surface area contributed by atoms with Crippen molar-refractivity contribution in [3.63, 3.8) is 0 Å². The highest BCUT2D eigenvalue weighted by Crippen LogP contribution is 2.18. The van der Waals surface area contributed by atoms with Crippen molar-refractivity contribution in [1.29, 1.82) is 0 Å². The van der Waals surface area contributed by atoms with Crippen LogP contribution in [0.25, 0.3) is 10.9 Å². The van der Waals surface area contributed by atoms with Crippen LogP contribution in [0.3, 0.4) is 0 Å². The normalized spacial score (nSPS) is 10.9. The molecule has 0 fully saturated rings. The Kier molecular flexibility index (Phi) is 4.56. The van der Waals surface area contributed by atoms with E-state index in [9.17, 15) is 4.79 Å². The van der Waals surface area contributed by atoms with Crippen LogP contribution >= 0.6 is 0 Å². The van der Waals surface area contributed by atoms with Crippen LogP contribution < -0.4 is 0 Å².